The van der Waals surface area contributed by atoms with E-state index in [0.29, 0.717) is 11.8 Å². The van der Waals surface area contributed by atoms with E-state index in [9.17, 15) is 4.79 Å². The minimum absolute atomic E-state index is 0. The lowest BCUT2D eigenvalue weighted by molar-refractivity contribution is -0.122. The number of nitrogens with zero attached hydrogens (tertiary/aromatic N) is 2. The number of halogens is 1. The lowest BCUT2D eigenvalue weighted by atomic mass is 10.0. The molecule has 2 unspecified atom stereocenters. The van der Waals surface area contributed by atoms with Crippen molar-refractivity contribution in [2.45, 2.75) is 51.1 Å². The summed E-state index contributed by atoms with van der Waals surface area (Å²) in [5, 5.41) is 7.03. The van der Waals surface area contributed by atoms with E-state index in [2.05, 4.69) is 15.5 Å². The molecule has 1 aromatic carbocycles. The van der Waals surface area contributed by atoms with Crippen LogP contribution in [0.3, 0.4) is 0 Å². The van der Waals surface area contributed by atoms with Gasteiger partial charge in [0.05, 0.1) is 0 Å². The van der Waals surface area contributed by atoms with E-state index in [-0.39, 0.29) is 42.7 Å². The summed E-state index contributed by atoms with van der Waals surface area (Å²) >= 11 is 0. The van der Waals surface area contributed by atoms with Gasteiger partial charge in [-0.15, -0.1) is 12.4 Å². The average molecular weight is 365 g/mol. The highest BCUT2D eigenvalue weighted by Crippen LogP contribution is 2.38. The Labute approximate surface area is 154 Å². The zero-order valence-corrected chi connectivity index (χ0v) is 15.3. The van der Waals surface area contributed by atoms with Crippen LogP contribution in [0, 0.1) is 5.92 Å². The van der Waals surface area contributed by atoms with Gasteiger partial charge in [-0.3, -0.25) is 4.79 Å². The number of nitrogens with two attached hydrogens (primary N) is 1. The van der Waals surface area contributed by atoms with Gasteiger partial charge in [-0.05, 0) is 24.3 Å². The van der Waals surface area contributed by atoms with Crippen LogP contribution in [0.5, 0.6) is 0 Å². The van der Waals surface area contributed by atoms with Gasteiger partial charge >= 0.3 is 0 Å². The molecule has 0 spiro atoms. The van der Waals surface area contributed by atoms with Gasteiger partial charge in [0.15, 0.2) is 5.82 Å². The fourth-order valence-corrected chi connectivity index (χ4v) is 2.64. The molecule has 0 saturated heterocycles. The standard InChI is InChI=1S/C18H24N4O2.ClH/c1-11(2)16(18-21-17(22-24-18)13-8-9-13)20-15(23)10-14(19)12-6-4-3-5-7-12;/h3-7,11,13-14,16H,8-10,19H2,1-2H3,(H,20,23);1H. The van der Waals surface area contributed by atoms with E-state index in [1.165, 1.54) is 0 Å². The molecule has 1 heterocycles. The van der Waals surface area contributed by atoms with Crippen molar-refractivity contribution in [1.29, 1.82) is 0 Å². The van der Waals surface area contributed by atoms with Crippen LogP contribution in [-0.2, 0) is 4.79 Å². The minimum atomic E-state index is -0.330. The van der Waals surface area contributed by atoms with Crippen molar-refractivity contribution < 1.29 is 9.32 Å². The third kappa shape index (κ3) is 5.03. The van der Waals surface area contributed by atoms with Crippen LogP contribution >= 0.6 is 12.4 Å². The van der Waals surface area contributed by atoms with E-state index in [1.54, 1.807) is 0 Å². The van der Waals surface area contributed by atoms with Crippen molar-refractivity contribution in [3.8, 4) is 0 Å². The molecule has 1 aliphatic carbocycles. The van der Waals surface area contributed by atoms with Gasteiger partial charge in [0, 0.05) is 18.4 Å². The predicted molar refractivity (Wildman–Crippen MR) is 97.2 cm³/mol. The minimum Gasteiger partial charge on any atom is -0.344 e. The number of hydrogen-bond acceptors (Lipinski definition) is 5. The second kappa shape index (κ2) is 8.45. The molecule has 0 radical (unpaired) electrons. The van der Waals surface area contributed by atoms with Gasteiger partial charge in [0.1, 0.15) is 6.04 Å². The van der Waals surface area contributed by atoms with Gasteiger partial charge in [-0.1, -0.05) is 49.3 Å². The van der Waals surface area contributed by atoms with Gasteiger partial charge in [0.2, 0.25) is 11.8 Å². The molecule has 6 nitrogen and oxygen atoms in total. The Bertz CT molecular complexity index is 685. The van der Waals surface area contributed by atoms with E-state index >= 15 is 0 Å². The molecule has 2 aromatic rings. The lowest BCUT2D eigenvalue weighted by Crippen LogP contribution is -2.34. The normalized spacial score (nSPS) is 16.2. The monoisotopic (exact) mass is 364 g/mol. The summed E-state index contributed by atoms with van der Waals surface area (Å²) in [4.78, 5) is 16.8. The quantitative estimate of drug-likeness (QED) is 0.786. The molecule has 136 valence electrons. The summed E-state index contributed by atoms with van der Waals surface area (Å²) in [7, 11) is 0. The number of amides is 1. The summed E-state index contributed by atoms with van der Waals surface area (Å²) in [6.07, 6.45) is 2.45. The van der Waals surface area contributed by atoms with Gasteiger partial charge in [0.25, 0.3) is 0 Å². The first-order chi connectivity index (χ1) is 11.5. The van der Waals surface area contributed by atoms with Crippen molar-refractivity contribution in [2.75, 3.05) is 0 Å². The Morgan fingerprint density at radius 2 is 2.00 bits per heavy atom. The third-order valence-electron chi connectivity index (χ3n) is 4.28. The third-order valence-corrected chi connectivity index (χ3v) is 4.28. The second-order valence-corrected chi connectivity index (χ2v) is 6.78. The van der Waals surface area contributed by atoms with E-state index in [1.807, 2.05) is 44.2 Å². The second-order valence-electron chi connectivity index (χ2n) is 6.78. The van der Waals surface area contributed by atoms with Crippen LogP contribution in [0.25, 0.3) is 0 Å². The number of benzene rings is 1. The predicted octanol–water partition coefficient (Wildman–Crippen LogP) is 3.27. The number of aromatic nitrogens is 2. The number of rotatable bonds is 7. The summed E-state index contributed by atoms with van der Waals surface area (Å²) in [6, 6.07) is 9.00. The lowest BCUT2D eigenvalue weighted by Gasteiger charge is -2.20. The summed E-state index contributed by atoms with van der Waals surface area (Å²) in [6.45, 7) is 4.03. The van der Waals surface area contributed by atoms with Crippen LogP contribution in [-0.4, -0.2) is 16.0 Å². The number of carbonyl (C=O) groups is 1. The first-order valence-electron chi connectivity index (χ1n) is 8.48. The first-order valence-corrected chi connectivity index (χ1v) is 8.48. The fourth-order valence-electron chi connectivity index (χ4n) is 2.64. The van der Waals surface area contributed by atoms with Crippen molar-refractivity contribution >= 4 is 18.3 Å². The molecular formula is C18H25ClN4O2. The largest absolute Gasteiger partial charge is 0.344 e. The van der Waals surface area contributed by atoms with Crippen molar-refractivity contribution in [3.63, 3.8) is 0 Å². The van der Waals surface area contributed by atoms with Crippen molar-refractivity contribution in [2.24, 2.45) is 11.7 Å². The zero-order chi connectivity index (χ0) is 17.1. The van der Waals surface area contributed by atoms with Gasteiger partial charge in [-0.2, -0.15) is 4.98 Å². The van der Waals surface area contributed by atoms with Crippen LogP contribution < -0.4 is 11.1 Å². The van der Waals surface area contributed by atoms with Crippen molar-refractivity contribution in [3.05, 3.63) is 47.6 Å². The van der Waals surface area contributed by atoms with E-state index in [0.717, 1.165) is 24.2 Å². The summed E-state index contributed by atoms with van der Waals surface area (Å²) < 4.78 is 5.37. The Balaban J connectivity index is 0.00000225. The SMILES string of the molecule is CC(C)C(NC(=O)CC(N)c1ccccc1)c1nc(C2CC2)no1.Cl. The summed E-state index contributed by atoms with van der Waals surface area (Å²) in [5.41, 5.74) is 7.07. The molecule has 3 rings (SSSR count). The first kappa shape index (κ1) is 19.4. The molecule has 7 heteroatoms. The van der Waals surface area contributed by atoms with Crippen LogP contribution in [0.1, 0.15) is 68.4 Å². The maximum Gasteiger partial charge on any atom is 0.249 e. The maximum absolute atomic E-state index is 12.4. The smallest absolute Gasteiger partial charge is 0.249 e. The number of hydrogen-bond donors (Lipinski definition) is 2. The molecule has 3 N–H and O–H groups in total. The molecule has 25 heavy (non-hydrogen) atoms. The topological polar surface area (TPSA) is 94.0 Å². The molecule has 1 aromatic heterocycles. The molecule has 0 aliphatic heterocycles. The highest BCUT2D eigenvalue weighted by molar-refractivity contribution is 5.85. The van der Waals surface area contributed by atoms with E-state index < -0.39 is 0 Å². The molecular weight excluding hydrogens is 340 g/mol. The van der Waals surface area contributed by atoms with Crippen LogP contribution in [0.15, 0.2) is 34.9 Å². The zero-order valence-electron chi connectivity index (χ0n) is 14.5. The summed E-state index contributed by atoms with van der Waals surface area (Å²) in [5.74, 6) is 1.70. The van der Waals surface area contributed by atoms with Crippen molar-refractivity contribution in [1.82, 2.24) is 15.5 Å². The highest BCUT2D eigenvalue weighted by atomic mass is 35.5. The molecule has 1 amide bonds. The fraction of sp³-hybridized carbons (Fsp3) is 0.500. The molecule has 0 bridgehead atoms. The van der Waals surface area contributed by atoms with Gasteiger partial charge in [-0.25, -0.2) is 0 Å². The Kier molecular flexibility index (Phi) is 6.56. The Hall–Kier alpha value is -1.92. The highest BCUT2D eigenvalue weighted by Gasteiger charge is 2.31. The molecule has 1 saturated carbocycles. The average Bonchev–Trinajstić information content (AvgIpc) is 3.31. The van der Waals surface area contributed by atoms with E-state index in [4.69, 9.17) is 10.3 Å². The molecule has 2 atom stereocenters. The number of carbonyl (C=O) groups excluding carboxylic acids is 1. The van der Waals surface area contributed by atoms with Crippen LogP contribution in [0.2, 0.25) is 0 Å². The molecule has 1 fully saturated rings. The van der Waals surface area contributed by atoms with Crippen LogP contribution in [0.4, 0.5) is 0 Å². The van der Waals surface area contributed by atoms with Gasteiger partial charge < -0.3 is 15.6 Å². The number of nitrogens with one attached hydrogen (secondary N) is 1. The maximum atomic E-state index is 12.4. The Morgan fingerprint density at radius 1 is 1.32 bits per heavy atom. The Morgan fingerprint density at radius 3 is 2.60 bits per heavy atom. The molecule has 1 aliphatic rings.